The first-order chi connectivity index (χ1) is 25.8. The van der Waals surface area contributed by atoms with Gasteiger partial charge in [0.1, 0.15) is 0 Å². The largest absolute Gasteiger partial charge is 0.192 e. The van der Waals surface area contributed by atoms with Crippen molar-refractivity contribution in [3.05, 3.63) is 166 Å². The molecule has 0 unspecified atom stereocenters. The topological polar surface area (TPSA) is 47.6 Å². The molecule has 6 aromatic carbocycles. The summed E-state index contributed by atoms with van der Waals surface area (Å²) in [5.74, 6) is 0. The predicted molar refractivity (Wildman–Crippen MR) is 223 cm³/mol. The molecule has 0 bridgehead atoms. The van der Waals surface area contributed by atoms with Gasteiger partial charge in [0, 0.05) is 0 Å². The molecule has 0 atom stereocenters. The Kier molecular flexibility index (Phi) is 12.4. The number of hydrogen-bond donors (Lipinski definition) is 0. The second kappa shape index (κ2) is 17.7. The highest BCUT2D eigenvalue weighted by Gasteiger charge is 2.11. The van der Waals surface area contributed by atoms with Crippen molar-refractivity contribution in [1.29, 1.82) is 10.5 Å². The lowest BCUT2D eigenvalue weighted by molar-refractivity contribution is 0.578. The fourth-order valence-electron chi connectivity index (χ4n) is 7.70. The fraction of sp³-hybridized carbons (Fsp3) is 0.255. The van der Waals surface area contributed by atoms with E-state index in [0.717, 1.165) is 24.0 Å². The summed E-state index contributed by atoms with van der Waals surface area (Å²) in [5, 5.41) is 18.2. The third-order valence-electron chi connectivity index (χ3n) is 10.9. The average molecular weight is 691 g/mol. The first-order valence-electron chi connectivity index (χ1n) is 19.2. The van der Waals surface area contributed by atoms with E-state index in [1.165, 1.54) is 112 Å². The van der Waals surface area contributed by atoms with Crippen LogP contribution in [0.4, 0.5) is 0 Å². The predicted octanol–water partition coefficient (Wildman–Crippen LogP) is 13.8. The normalized spacial score (nSPS) is 10.9. The van der Waals surface area contributed by atoms with Gasteiger partial charge in [0.05, 0.1) is 23.3 Å². The average Bonchev–Trinajstić information content (AvgIpc) is 3.18. The van der Waals surface area contributed by atoms with Crippen molar-refractivity contribution in [2.24, 2.45) is 0 Å². The molecule has 0 aliphatic heterocycles. The zero-order chi connectivity index (χ0) is 37.2. The summed E-state index contributed by atoms with van der Waals surface area (Å²) in [4.78, 5) is 0. The Labute approximate surface area is 317 Å². The van der Waals surface area contributed by atoms with Crippen LogP contribution < -0.4 is 0 Å². The Balaban J connectivity index is 0.907. The highest BCUT2D eigenvalue weighted by Crippen LogP contribution is 2.32. The van der Waals surface area contributed by atoms with Crippen molar-refractivity contribution in [2.75, 3.05) is 0 Å². The highest BCUT2D eigenvalue weighted by atomic mass is 14.2. The zero-order valence-electron chi connectivity index (χ0n) is 31.8. The second-order valence-corrected chi connectivity index (χ2v) is 14.7. The molecule has 2 nitrogen and oxygen atoms in total. The maximum atomic E-state index is 9.12. The summed E-state index contributed by atoms with van der Waals surface area (Å²) in [6, 6.07) is 47.1. The molecule has 0 amide bonds. The van der Waals surface area contributed by atoms with Crippen LogP contribution in [0.2, 0.25) is 0 Å². The van der Waals surface area contributed by atoms with E-state index in [0.29, 0.717) is 11.1 Å². The van der Waals surface area contributed by atoms with Gasteiger partial charge in [-0.2, -0.15) is 10.5 Å². The van der Waals surface area contributed by atoms with Gasteiger partial charge in [-0.15, -0.1) is 0 Å². The van der Waals surface area contributed by atoms with Gasteiger partial charge in [0.25, 0.3) is 0 Å². The summed E-state index contributed by atoms with van der Waals surface area (Å²) >= 11 is 0. The maximum absolute atomic E-state index is 9.12. The van der Waals surface area contributed by atoms with Crippen molar-refractivity contribution < 1.29 is 0 Å². The first kappa shape index (κ1) is 37.1. The molecule has 0 N–H and O–H groups in total. The van der Waals surface area contributed by atoms with Crippen LogP contribution >= 0.6 is 0 Å². The standard InChI is InChI=1S/C51H50N2/c1-36-30-47(46-25-23-44(24-26-46)43-18-14-40(34-52)15-19-43)27-22-42(36)12-10-8-6-5-7-9-11-13-50-37(2)32-49(33-38(50)3)51-29-28-48(31-39(51)4)45-20-16-41(35-53)17-21-45/h14-33H,5-13H2,1-4H3. The molecular weight excluding hydrogens is 641 g/mol. The van der Waals surface area contributed by atoms with Gasteiger partial charge in [-0.1, -0.05) is 129 Å². The van der Waals surface area contributed by atoms with E-state index in [-0.39, 0.29) is 0 Å². The van der Waals surface area contributed by atoms with Crippen LogP contribution in [0, 0.1) is 50.4 Å². The summed E-state index contributed by atoms with van der Waals surface area (Å²) in [6.45, 7) is 9.00. The highest BCUT2D eigenvalue weighted by molar-refractivity contribution is 5.75. The van der Waals surface area contributed by atoms with Gasteiger partial charge in [0.15, 0.2) is 0 Å². The van der Waals surface area contributed by atoms with Gasteiger partial charge >= 0.3 is 0 Å². The minimum Gasteiger partial charge on any atom is -0.192 e. The minimum atomic E-state index is 0.688. The van der Waals surface area contributed by atoms with Crippen LogP contribution in [-0.2, 0) is 12.8 Å². The third kappa shape index (κ3) is 9.40. The van der Waals surface area contributed by atoms with Crippen molar-refractivity contribution in [2.45, 2.75) is 85.5 Å². The van der Waals surface area contributed by atoms with Gasteiger partial charge in [-0.25, -0.2) is 0 Å². The molecule has 2 heteroatoms. The van der Waals surface area contributed by atoms with E-state index in [2.05, 4.69) is 113 Å². The Morgan fingerprint density at radius 1 is 0.358 bits per heavy atom. The van der Waals surface area contributed by atoms with Crippen molar-refractivity contribution in [3.8, 4) is 56.6 Å². The third-order valence-corrected chi connectivity index (χ3v) is 10.9. The van der Waals surface area contributed by atoms with E-state index in [1.54, 1.807) is 0 Å². The molecule has 0 saturated heterocycles. The van der Waals surface area contributed by atoms with Crippen molar-refractivity contribution >= 4 is 0 Å². The molecular formula is C51H50N2. The number of unbranched alkanes of at least 4 members (excludes halogenated alkanes) is 6. The number of benzene rings is 6. The van der Waals surface area contributed by atoms with Crippen LogP contribution in [0.5, 0.6) is 0 Å². The minimum absolute atomic E-state index is 0.688. The molecule has 0 heterocycles. The molecule has 0 aliphatic rings. The lowest BCUT2D eigenvalue weighted by Gasteiger charge is -2.15. The maximum Gasteiger partial charge on any atom is 0.0991 e. The Morgan fingerprint density at radius 3 is 1.21 bits per heavy atom. The Bertz CT molecular complexity index is 2220. The summed E-state index contributed by atoms with van der Waals surface area (Å²) in [6.07, 6.45) is 11.4. The molecule has 0 radical (unpaired) electrons. The van der Waals surface area contributed by atoms with E-state index in [4.69, 9.17) is 10.5 Å². The van der Waals surface area contributed by atoms with Crippen LogP contribution in [-0.4, -0.2) is 0 Å². The molecule has 0 fully saturated rings. The van der Waals surface area contributed by atoms with E-state index >= 15 is 0 Å². The van der Waals surface area contributed by atoms with Gasteiger partial charge < -0.3 is 0 Å². The van der Waals surface area contributed by atoms with Crippen LogP contribution in [0.1, 0.15) is 89.5 Å². The number of nitriles is 2. The molecule has 6 rings (SSSR count). The fourth-order valence-corrected chi connectivity index (χ4v) is 7.70. The molecule has 0 spiro atoms. The molecule has 6 aromatic rings. The molecule has 0 aromatic heterocycles. The summed E-state index contributed by atoms with van der Waals surface area (Å²) in [5.41, 5.74) is 19.5. The second-order valence-electron chi connectivity index (χ2n) is 14.7. The lowest BCUT2D eigenvalue weighted by atomic mass is 9.90. The molecule has 53 heavy (non-hydrogen) atoms. The summed E-state index contributed by atoms with van der Waals surface area (Å²) in [7, 11) is 0. The Morgan fingerprint density at radius 2 is 0.736 bits per heavy atom. The monoisotopic (exact) mass is 690 g/mol. The zero-order valence-corrected chi connectivity index (χ0v) is 31.8. The lowest BCUT2D eigenvalue weighted by Crippen LogP contribution is -1.97. The van der Waals surface area contributed by atoms with Gasteiger partial charge in [-0.05, 0) is 156 Å². The number of aryl methyl sites for hydroxylation is 5. The number of hydrogen-bond acceptors (Lipinski definition) is 2. The molecule has 264 valence electrons. The SMILES string of the molecule is Cc1cc(-c2ccc(-c3ccc(C#N)cc3)cc2)ccc1CCCCCCCCCc1c(C)cc(-c2ccc(-c3ccc(C#N)cc3)cc2C)cc1C. The Hall–Kier alpha value is -5.70. The number of rotatable bonds is 14. The van der Waals surface area contributed by atoms with Gasteiger partial charge in [0.2, 0.25) is 0 Å². The first-order valence-corrected chi connectivity index (χ1v) is 19.2. The van der Waals surface area contributed by atoms with Crippen molar-refractivity contribution in [1.82, 2.24) is 0 Å². The number of nitrogens with zero attached hydrogens (tertiary/aromatic N) is 2. The van der Waals surface area contributed by atoms with Crippen LogP contribution in [0.3, 0.4) is 0 Å². The van der Waals surface area contributed by atoms with E-state index in [1.807, 2.05) is 48.5 Å². The van der Waals surface area contributed by atoms with Gasteiger partial charge in [-0.3, -0.25) is 0 Å². The van der Waals surface area contributed by atoms with E-state index in [9.17, 15) is 0 Å². The van der Waals surface area contributed by atoms with Crippen molar-refractivity contribution in [3.63, 3.8) is 0 Å². The van der Waals surface area contributed by atoms with E-state index < -0.39 is 0 Å². The molecule has 0 aliphatic carbocycles. The smallest absolute Gasteiger partial charge is 0.0991 e. The molecule has 0 saturated carbocycles. The summed E-state index contributed by atoms with van der Waals surface area (Å²) < 4.78 is 0. The quantitative estimate of drug-likeness (QED) is 0.107. The van der Waals surface area contributed by atoms with Crippen LogP contribution in [0.15, 0.2) is 121 Å². The van der Waals surface area contributed by atoms with Crippen LogP contribution in [0.25, 0.3) is 44.5 Å².